The SMILES string of the molecule is COCCCNC(=O)c1cn(C)c(=O)c2ccccc12. The maximum atomic E-state index is 12.2. The van der Waals surface area contributed by atoms with Crippen molar-refractivity contribution in [1.29, 1.82) is 0 Å². The molecule has 0 fully saturated rings. The maximum absolute atomic E-state index is 12.2. The summed E-state index contributed by atoms with van der Waals surface area (Å²) in [7, 11) is 3.28. The fourth-order valence-electron chi connectivity index (χ4n) is 2.11. The van der Waals surface area contributed by atoms with Crippen molar-refractivity contribution >= 4 is 16.7 Å². The number of amides is 1. The highest BCUT2D eigenvalue weighted by Crippen LogP contribution is 2.14. The number of hydrogen-bond donors (Lipinski definition) is 1. The molecule has 1 N–H and O–H groups in total. The lowest BCUT2D eigenvalue weighted by Gasteiger charge is -2.09. The summed E-state index contributed by atoms with van der Waals surface area (Å²) in [6.45, 7) is 1.15. The number of rotatable bonds is 5. The average molecular weight is 274 g/mol. The third-order valence-corrected chi connectivity index (χ3v) is 3.15. The van der Waals surface area contributed by atoms with Gasteiger partial charge in [-0.25, -0.2) is 0 Å². The van der Waals surface area contributed by atoms with E-state index in [9.17, 15) is 9.59 Å². The third kappa shape index (κ3) is 2.88. The van der Waals surface area contributed by atoms with Crippen molar-refractivity contribution in [2.45, 2.75) is 6.42 Å². The molecule has 0 spiro atoms. The second-order valence-electron chi connectivity index (χ2n) is 4.61. The largest absolute Gasteiger partial charge is 0.385 e. The van der Waals surface area contributed by atoms with E-state index >= 15 is 0 Å². The second-order valence-corrected chi connectivity index (χ2v) is 4.61. The van der Waals surface area contributed by atoms with Gasteiger partial charge in [0.2, 0.25) is 0 Å². The Labute approximate surface area is 117 Å². The van der Waals surface area contributed by atoms with Crippen molar-refractivity contribution in [1.82, 2.24) is 9.88 Å². The van der Waals surface area contributed by atoms with Gasteiger partial charge in [-0.2, -0.15) is 0 Å². The first kappa shape index (κ1) is 14.3. The highest BCUT2D eigenvalue weighted by Gasteiger charge is 2.12. The van der Waals surface area contributed by atoms with Crippen molar-refractivity contribution in [2.75, 3.05) is 20.3 Å². The van der Waals surface area contributed by atoms with Crippen molar-refractivity contribution in [2.24, 2.45) is 7.05 Å². The first-order valence-electron chi connectivity index (χ1n) is 6.50. The predicted molar refractivity (Wildman–Crippen MR) is 78.0 cm³/mol. The molecule has 0 bridgehead atoms. The molecule has 0 saturated heterocycles. The number of carbonyl (C=O) groups is 1. The van der Waals surface area contributed by atoms with Crippen LogP contribution in [0.1, 0.15) is 16.8 Å². The van der Waals surface area contributed by atoms with Crippen molar-refractivity contribution in [3.05, 3.63) is 46.4 Å². The molecule has 5 heteroatoms. The number of ether oxygens (including phenoxy) is 1. The van der Waals surface area contributed by atoms with Gasteiger partial charge in [-0.3, -0.25) is 9.59 Å². The molecule has 0 unspecified atom stereocenters. The predicted octanol–water partition coefficient (Wildman–Crippen LogP) is 1.30. The van der Waals surface area contributed by atoms with Crippen LogP contribution in [0.4, 0.5) is 0 Å². The lowest BCUT2D eigenvalue weighted by molar-refractivity contribution is 0.0949. The monoisotopic (exact) mass is 274 g/mol. The quantitative estimate of drug-likeness (QED) is 0.836. The van der Waals surface area contributed by atoms with E-state index < -0.39 is 0 Å². The van der Waals surface area contributed by atoms with Crippen LogP contribution in [0, 0.1) is 0 Å². The van der Waals surface area contributed by atoms with Crippen LogP contribution in [-0.4, -0.2) is 30.7 Å². The Balaban J connectivity index is 2.32. The topological polar surface area (TPSA) is 60.3 Å². The smallest absolute Gasteiger partial charge is 0.258 e. The fraction of sp³-hybridized carbons (Fsp3) is 0.333. The van der Waals surface area contributed by atoms with E-state index in [4.69, 9.17) is 4.74 Å². The summed E-state index contributed by atoms with van der Waals surface area (Å²) in [6, 6.07) is 7.15. The van der Waals surface area contributed by atoms with Crippen LogP contribution < -0.4 is 10.9 Å². The molecule has 1 amide bonds. The molecule has 2 rings (SSSR count). The maximum Gasteiger partial charge on any atom is 0.258 e. The summed E-state index contributed by atoms with van der Waals surface area (Å²) in [5.41, 5.74) is 0.414. The van der Waals surface area contributed by atoms with Crippen LogP contribution in [0.5, 0.6) is 0 Å². The number of hydrogen-bond acceptors (Lipinski definition) is 3. The van der Waals surface area contributed by atoms with Crippen molar-refractivity contribution in [3.8, 4) is 0 Å². The van der Waals surface area contributed by atoms with Gasteiger partial charge in [0.05, 0.1) is 5.56 Å². The van der Waals surface area contributed by atoms with Gasteiger partial charge >= 0.3 is 0 Å². The zero-order valence-electron chi connectivity index (χ0n) is 11.7. The van der Waals surface area contributed by atoms with Crippen molar-refractivity contribution < 1.29 is 9.53 Å². The highest BCUT2D eigenvalue weighted by molar-refractivity contribution is 6.06. The molecule has 0 aliphatic carbocycles. The van der Waals surface area contributed by atoms with E-state index in [0.29, 0.717) is 29.5 Å². The van der Waals surface area contributed by atoms with E-state index in [1.165, 1.54) is 4.57 Å². The number of nitrogens with one attached hydrogen (secondary N) is 1. The van der Waals surface area contributed by atoms with Gasteiger partial charge in [0, 0.05) is 44.3 Å². The summed E-state index contributed by atoms with van der Waals surface area (Å²) >= 11 is 0. The first-order chi connectivity index (χ1) is 9.65. The fourth-order valence-corrected chi connectivity index (χ4v) is 2.11. The molecule has 0 radical (unpaired) electrons. The lowest BCUT2D eigenvalue weighted by atomic mass is 10.1. The Morgan fingerprint density at radius 2 is 2.00 bits per heavy atom. The Morgan fingerprint density at radius 1 is 1.30 bits per heavy atom. The van der Waals surface area contributed by atoms with E-state index in [0.717, 1.165) is 6.42 Å². The molecule has 1 aromatic heterocycles. The number of aryl methyl sites for hydroxylation is 1. The first-order valence-corrected chi connectivity index (χ1v) is 6.50. The minimum Gasteiger partial charge on any atom is -0.385 e. The van der Waals surface area contributed by atoms with E-state index in [-0.39, 0.29) is 11.5 Å². The molecule has 0 aliphatic rings. The normalized spacial score (nSPS) is 10.7. The van der Waals surface area contributed by atoms with E-state index in [1.807, 2.05) is 6.07 Å². The van der Waals surface area contributed by atoms with Crippen LogP contribution in [0.15, 0.2) is 35.3 Å². The number of carbonyl (C=O) groups excluding carboxylic acids is 1. The summed E-state index contributed by atoms with van der Waals surface area (Å²) in [5.74, 6) is -0.173. The molecule has 1 aromatic carbocycles. The summed E-state index contributed by atoms with van der Waals surface area (Å²) in [6.07, 6.45) is 2.34. The Morgan fingerprint density at radius 3 is 2.70 bits per heavy atom. The molecule has 0 saturated carbocycles. The molecule has 1 heterocycles. The standard InChI is InChI=1S/C15H18N2O3/c1-17-10-13(14(18)16-8-5-9-20-2)11-6-3-4-7-12(11)15(17)19/h3-4,6-7,10H,5,8-9H2,1-2H3,(H,16,18). The van der Waals surface area contributed by atoms with E-state index in [1.54, 1.807) is 38.6 Å². The van der Waals surface area contributed by atoms with Crippen LogP contribution in [-0.2, 0) is 11.8 Å². The van der Waals surface area contributed by atoms with Gasteiger partial charge in [0.1, 0.15) is 0 Å². The van der Waals surface area contributed by atoms with Crippen LogP contribution in [0.3, 0.4) is 0 Å². The van der Waals surface area contributed by atoms with Gasteiger partial charge in [0.25, 0.3) is 11.5 Å². The van der Waals surface area contributed by atoms with E-state index in [2.05, 4.69) is 5.32 Å². The minimum absolute atomic E-state index is 0.100. The van der Waals surface area contributed by atoms with Gasteiger partial charge in [-0.15, -0.1) is 0 Å². The number of methoxy groups -OCH3 is 1. The average Bonchev–Trinajstić information content (AvgIpc) is 2.47. The number of nitrogens with zero attached hydrogens (tertiary/aromatic N) is 1. The zero-order chi connectivity index (χ0) is 14.5. The second kappa shape index (κ2) is 6.34. The summed E-state index contributed by atoms with van der Waals surface area (Å²) < 4.78 is 6.37. The Bertz CT molecular complexity index is 676. The number of fused-ring (bicyclic) bond motifs is 1. The minimum atomic E-state index is -0.173. The third-order valence-electron chi connectivity index (χ3n) is 3.15. The van der Waals surface area contributed by atoms with Crippen LogP contribution >= 0.6 is 0 Å². The van der Waals surface area contributed by atoms with Crippen LogP contribution in [0.2, 0.25) is 0 Å². The number of pyridine rings is 1. The molecule has 0 aliphatic heterocycles. The molecular formula is C15H18N2O3. The van der Waals surface area contributed by atoms with Crippen LogP contribution in [0.25, 0.3) is 10.8 Å². The molecular weight excluding hydrogens is 256 g/mol. The van der Waals surface area contributed by atoms with Gasteiger partial charge < -0.3 is 14.6 Å². The molecule has 5 nitrogen and oxygen atoms in total. The number of benzene rings is 1. The summed E-state index contributed by atoms with van der Waals surface area (Å²) in [5, 5.41) is 4.07. The number of aromatic nitrogens is 1. The molecule has 0 atom stereocenters. The highest BCUT2D eigenvalue weighted by atomic mass is 16.5. The molecule has 20 heavy (non-hydrogen) atoms. The van der Waals surface area contributed by atoms with Gasteiger partial charge in [0.15, 0.2) is 0 Å². The zero-order valence-corrected chi connectivity index (χ0v) is 11.7. The Kier molecular flexibility index (Phi) is 4.53. The van der Waals surface area contributed by atoms with Gasteiger partial charge in [-0.1, -0.05) is 18.2 Å². The molecule has 106 valence electrons. The van der Waals surface area contributed by atoms with Gasteiger partial charge in [-0.05, 0) is 12.5 Å². The Hall–Kier alpha value is -2.14. The summed E-state index contributed by atoms with van der Waals surface area (Å²) in [4.78, 5) is 24.2. The lowest BCUT2D eigenvalue weighted by Crippen LogP contribution is -2.28. The van der Waals surface area contributed by atoms with Crippen molar-refractivity contribution in [3.63, 3.8) is 0 Å². The molecule has 2 aromatic rings.